The van der Waals surface area contributed by atoms with E-state index in [1.165, 1.54) is 7.11 Å². The first kappa shape index (κ1) is 16.7. The van der Waals surface area contributed by atoms with Crippen molar-refractivity contribution in [2.75, 3.05) is 13.7 Å². The first-order chi connectivity index (χ1) is 8.26. The van der Waals surface area contributed by atoms with E-state index in [1.807, 2.05) is 20.8 Å². The molecule has 1 unspecified atom stereocenters. The Morgan fingerprint density at radius 1 is 1.28 bits per heavy atom. The number of nitrogens with two attached hydrogens (primary N) is 1. The van der Waals surface area contributed by atoms with Crippen LogP contribution >= 0.6 is 0 Å². The number of rotatable bonds is 6. The minimum atomic E-state index is -0.587. The second-order valence-electron chi connectivity index (χ2n) is 5.05. The van der Waals surface area contributed by atoms with Gasteiger partial charge in [-0.15, -0.1) is 0 Å². The molecule has 0 rings (SSSR count). The molecule has 0 saturated carbocycles. The monoisotopic (exact) mass is 260 g/mol. The van der Waals surface area contributed by atoms with Crippen LogP contribution in [0.15, 0.2) is 0 Å². The van der Waals surface area contributed by atoms with Crippen molar-refractivity contribution in [2.24, 2.45) is 5.73 Å². The topological polar surface area (TPSA) is 90.6 Å². The number of nitrogens with one attached hydrogen (secondary N) is 1. The lowest BCUT2D eigenvalue weighted by Gasteiger charge is -2.19. The number of esters is 1. The zero-order valence-corrected chi connectivity index (χ0v) is 11.6. The van der Waals surface area contributed by atoms with Crippen LogP contribution < -0.4 is 11.1 Å². The summed E-state index contributed by atoms with van der Waals surface area (Å²) in [5.41, 5.74) is 5.08. The van der Waals surface area contributed by atoms with E-state index in [0.29, 0.717) is 13.0 Å². The average molecular weight is 260 g/mol. The molecule has 6 nitrogen and oxygen atoms in total. The summed E-state index contributed by atoms with van der Waals surface area (Å²) in [5.74, 6) is -0.407. The number of alkyl carbamates (subject to hydrolysis) is 1. The van der Waals surface area contributed by atoms with E-state index in [0.717, 1.165) is 12.8 Å². The maximum atomic E-state index is 11.3. The van der Waals surface area contributed by atoms with Crippen LogP contribution in [0.1, 0.15) is 40.0 Å². The highest BCUT2D eigenvalue weighted by atomic mass is 16.6. The van der Waals surface area contributed by atoms with E-state index in [1.54, 1.807) is 0 Å². The average Bonchev–Trinajstić information content (AvgIpc) is 2.24. The summed E-state index contributed by atoms with van der Waals surface area (Å²) in [7, 11) is 1.31. The third kappa shape index (κ3) is 8.81. The first-order valence-electron chi connectivity index (χ1n) is 6.06. The molecule has 0 aromatic carbocycles. The lowest BCUT2D eigenvalue weighted by atomic mass is 10.1. The number of hydrogen-bond acceptors (Lipinski definition) is 5. The van der Waals surface area contributed by atoms with Crippen molar-refractivity contribution >= 4 is 12.1 Å². The molecule has 0 radical (unpaired) electrons. The number of carbonyl (C=O) groups excluding carboxylic acids is 2. The molecular formula is C12H24N2O4. The predicted molar refractivity (Wildman–Crippen MR) is 68.1 cm³/mol. The van der Waals surface area contributed by atoms with E-state index in [9.17, 15) is 9.59 Å². The Labute approximate surface area is 108 Å². The van der Waals surface area contributed by atoms with Gasteiger partial charge in [-0.25, -0.2) is 4.79 Å². The minimum Gasteiger partial charge on any atom is -0.468 e. The molecule has 0 bridgehead atoms. The second kappa shape index (κ2) is 7.92. The molecule has 6 heteroatoms. The Morgan fingerprint density at radius 3 is 2.39 bits per heavy atom. The summed E-state index contributed by atoms with van der Waals surface area (Å²) in [6, 6.07) is -0.587. The Kier molecular flexibility index (Phi) is 7.35. The highest BCUT2D eigenvalue weighted by Crippen LogP contribution is 2.06. The summed E-state index contributed by atoms with van der Waals surface area (Å²) >= 11 is 0. The largest absolute Gasteiger partial charge is 0.468 e. The molecule has 106 valence electrons. The maximum Gasteiger partial charge on any atom is 0.407 e. The quantitative estimate of drug-likeness (QED) is 0.553. The number of carbonyl (C=O) groups is 2. The Morgan fingerprint density at radius 2 is 1.89 bits per heavy atom. The van der Waals surface area contributed by atoms with Gasteiger partial charge < -0.3 is 20.5 Å². The number of amides is 1. The van der Waals surface area contributed by atoms with Crippen LogP contribution in [0.2, 0.25) is 0 Å². The fraction of sp³-hybridized carbons (Fsp3) is 0.833. The summed E-state index contributed by atoms with van der Waals surface area (Å²) in [6.07, 6.45) is 1.60. The molecule has 0 aromatic heterocycles. The van der Waals surface area contributed by atoms with Crippen molar-refractivity contribution in [1.82, 2.24) is 5.32 Å². The zero-order valence-electron chi connectivity index (χ0n) is 11.6. The lowest BCUT2D eigenvalue weighted by Crippen LogP contribution is -2.33. The lowest BCUT2D eigenvalue weighted by molar-refractivity contribution is -0.142. The zero-order chi connectivity index (χ0) is 14.2. The van der Waals surface area contributed by atoms with Crippen LogP contribution in [0.5, 0.6) is 0 Å². The Balaban J connectivity index is 3.57. The van der Waals surface area contributed by atoms with Crippen LogP contribution in [0.4, 0.5) is 4.79 Å². The van der Waals surface area contributed by atoms with Crippen LogP contribution in [0.25, 0.3) is 0 Å². The Bertz CT molecular complexity index is 274. The molecule has 0 spiro atoms. The van der Waals surface area contributed by atoms with Crippen molar-refractivity contribution in [3.05, 3.63) is 0 Å². The normalized spacial score (nSPS) is 12.7. The third-order valence-electron chi connectivity index (χ3n) is 2.11. The van der Waals surface area contributed by atoms with Gasteiger partial charge in [0.15, 0.2) is 0 Å². The molecule has 0 aliphatic heterocycles. The van der Waals surface area contributed by atoms with E-state index in [2.05, 4.69) is 10.1 Å². The van der Waals surface area contributed by atoms with Gasteiger partial charge in [-0.3, -0.25) is 4.79 Å². The summed E-state index contributed by atoms with van der Waals surface area (Å²) < 4.78 is 9.58. The van der Waals surface area contributed by atoms with Crippen LogP contribution in [-0.4, -0.2) is 37.4 Å². The molecule has 1 amide bonds. The Hall–Kier alpha value is -1.30. The molecular weight excluding hydrogens is 236 g/mol. The van der Waals surface area contributed by atoms with Crippen LogP contribution in [-0.2, 0) is 14.3 Å². The van der Waals surface area contributed by atoms with Gasteiger partial charge in [-0.1, -0.05) is 0 Å². The maximum absolute atomic E-state index is 11.3. The fourth-order valence-electron chi connectivity index (χ4n) is 1.26. The van der Waals surface area contributed by atoms with Gasteiger partial charge in [0.1, 0.15) is 11.6 Å². The van der Waals surface area contributed by atoms with Gasteiger partial charge in [0.25, 0.3) is 0 Å². The number of ether oxygens (including phenoxy) is 2. The number of hydrogen-bond donors (Lipinski definition) is 2. The number of unbranched alkanes of at least 4 members (excludes halogenated alkanes) is 1. The predicted octanol–water partition coefficient (Wildman–Crippen LogP) is 1.18. The summed E-state index contributed by atoms with van der Waals surface area (Å²) in [6.45, 7) is 5.93. The highest BCUT2D eigenvalue weighted by molar-refractivity contribution is 5.75. The third-order valence-corrected chi connectivity index (χ3v) is 2.11. The van der Waals surface area contributed by atoms with Crippen LogP contribution in [0, 0.1) is 0 Å². The van der Waals surface area contributed by atoms with E-state index >= 15 is 0 Å². The van der Waals surface area contributed by atoms with Crippen molar-refractivity contribution in [3.8, 4) is 0 Å². The van der Waals surface area contributed by atoms with Gasteiger partial charge in [-0.05, 0) is 40.0 Å². The molecule has 1 atom stereocenters. The molecule has 0 aromatic rings. The SMILES string of the molecule is COC(=O)C(N)CCCCNC(=O)OC(C)(C)C. The number of methoxy groups -OCH3 is 1. The molecule has 3 N–H and O–H groups in total. The smallest absolute Gasteiger partial charge is 0.407 e. The van der Waals surface area contributed by atoms with Crippen molar-refractivity contribution in [1.29, 1.82) is 0 Å². The second-order valence-corrected chi connectivity index (χ2v) is 5.05. The van der Waals surface area contributed by atoms with Gasteiger partial charge in [0, 0.05) is 6.54 Å². The fourth-order valence-corrected chi connectivity index (χ4v) is 1.26. The molecule has 18 heavy (non-hydrogen) atoms. The molecule has 0 fully saturated rings. The molecule has 0 aliphatic rings. The summed E-state index contributed by atoms with van der Waals surface area (Å²) in [4.78, 5) is 22.3. The van der Waals surface area contributed by atoms with Crippen molar-refractivity contribution in [2.45, 2.75) is 51.7 Å². The van der Waals surface area contributed by atoms with Crippen molar-refractivity contribution < 1.29 is 19.1 Å². The summed E-state index contributed by atoms with van der Waals surface area (Å²) in [5, 5.41) is 2.64. The van der Waals surface area contributed by atoms with Gasteiger partial charge >= 0.3 is 12.1 Å². The standard InChI is InChI=1S/C12H24N2O4/c1-12(2,3)18-11(16)14-8-6-5-7-9(13)10(15)17-4/h9H,5-8,13H2,1-4H3,(H,14,16). The van der Waals surface area contributed by atoms with E-state index in [-0.39, 0.29) is 0 Å². The van der Waals surface area contributed by atoms with E-state index in [4.69, 9.17) is 10.5 Å². The van der Waals surface area contributed by atoms with Gasteiger partial charge in [0.2, 0.25) is 0 Å². The van der Waals surface area contributed by atoms with Gasteiger partial charge in [-0.2, -0.15) is 0 Å². The van der Waals surface area contributed by atoms with Crippen LogP contribution in [0.3, 0.4) is 0 Å². The molecule has 0 saturated heterocycles. The minimum absolute atomic E-state index is 0.407. The van der Waals surface area contributed by atoms with Gasteiger partial charge in [0.05, 0.1) is 7.11 Å². The molecule has 0 aliphatic carbocycles. The molecule has 0 heterocycles. The van der Waals surface area contributed by atoms with Crippen molar-refractivity contribution in [3.63, 3.8) is 0 Å². The van der Waals surface area contributed by atoms with E-state index < -0.39 is 23.7 Å². The first-order valence-corrected chi connectivity index (χ1v) is 6.06. The highest BCUT2D eigenvalue weighted by Gasteiger charge is 2.16.